The summed E-state index contributed by atoms with van der Waals surface area (Å²) in [4.78, 5) is 11.7. The van der Waals surface area contributed by atoms with Crippen LogP contribution >= 0.6 is 0 Å². The van der Waals surface area contributed by atoms with E-state index in [9.17, 15) is 4.79 Å². The Morgan fingerprint density at radius 1 is 0.889 bits per heavy atom. The number of methoxy groups -OCH3 is 1. The van der Waals surface area contributed by atoms with E-state index in [-0.39, 0.29) is 0 Å². The second-order valence-electron chi connectivity index (χ2n) is 7.54. The van der Waals surface area contributed by atoms with Gasteiger partial charge in [0.15, 0.2) is 0 Å². The summed E-state index contributed by atoms with van der Waals surface area (Å²) in [5.74, 6) is 0.588. The summed E-state index contributed by atoms with van der Waals surface area (Å²) in [6.45, 7) is 8.75. The van der Waals surface area contributed by atoms with Crippen LogP contribution in [-0.2, 0) is 9.53 Å². The van der Waals surface area contributed by atoms with Gasteiger partial charge < -0.3 is 10.5 Å². The standard InChI is InChI=1S/C24H31NO2/c1-16(2)18-6-10-20(11-7-18)22(14-15-23(25)24(26)27-5)21-12-8-19(9-13-21)17(3)4/h6-14,16-17,23H,15,25H2,1-5H3. The molecule has 2 N–H and O–H groups in total. The van der Waals surface area contributed by atoms with Gasteiger partial charge in [-0.15, -0.1) is 0 Å². The molecule has 0 aliphatic carbocycles. The topological polar surface area (TPSA) is 52.3 Å². The van der Waals surface area contributed by atoms with Gasteiger partial charge in [0.1, 0.15) is 6.04 Å². The first-order chi connectivity index (χ1) is 12.8. The Labute approximate surface area is 163 Å². The summed E-state index contributed by atoms with van der Waals surface area (Å²) in [5.41, 5.74) is 11.9. The third-order valence-electron chi connectivity index (χ3n) is 4.86. The average Bonchev–Trinajstić information content (AvgIpc) is 2.68. The van der Waals surface area contributed by atoms with E-state index in [0.717, 1.165) is 16.7 Å². The van der Waals surface area contributed by atoms with Crippen molar-refractivity contribution in [2.45, 2.75) is 52.0 Å². The molecule has 2 aromatic rings. The van der Waals surface area contributed by atoms with Crippen molar-refractivity contribution in [2.75, 3.05) is 7.11 Å². The number of nitrogens with two attached hydrogens (primary N) is 1. The Hall–Kier alpha value is -2.39. The van der Waals surface area contributed by atoms with Gasteiger partial charge in [0.25, 0.3) is 0 Å². The number of hydrogen-bond donors (Lipinski definition) is 1. The van der Waals surface area contributed by atoms with E-state index in [4.69, 9.17) is 10.5 Å². The zero-order chi connectivity index (χ0) is 20.0. The molecule has 0 spiro atoms. The normalized spacial score (nSPS) is 12.1. The average molecular weight is 366 g/mol. The van der Waals surface area contributed by atoms with Crippen LogP contribution in [0.2, 0.25) is 0 Å². The maximum absolute atomic E-state index is 11.7. The highest BCUT2D eigenvalue weighted by Crippen LogP contribution is 2.27. The summed E-state index contributed by atoms with van der Waals surface area (Å²) in [5, 5.41) is 0. The molecule has 3 nitrogen and oxygen atoms in total. The first kappa shape index (κ1) is 20.9. The Morgan fingerprint density at radius 3 is 1.63 bits per heavy atom. The van der Waals surface area contributed by atoms with Crippen molar-refractivity contribution in [2.24, 2.45) is 5.73 Å². The lowest BCUT2D eigenvalue weighted by atomic mass is 9.92. The molecule has 3 heteroatoms. The minimum atomic E-state index is -0.658. The number of esters is 1. The highest BCUT2D eigenvalue weighted by molar-refractivity contribution is 5.81. The van der Waals surface area contributed by atoms with Crippen LogP contribution < -0.4 is 5.73 Å². The van der Waals surface area contributed by atoms with Gasteiger partial charge in [0.2, 0.25) is 0 Å². The molecule has 0 heterocycles. The van der Waals surface area contributed by atoms with Gasteiger partial charge in [0, 0.05) is 0 Å². The molecule has 0 bridgehead atoms. The molecule has 2 aromatic carbocycles. The zero-order valence-corrected chi connectivity index (χ0v) is 17.0. The summed E-state index contributed by atoms with van der Waals surface area (Å²) >= 11 is 0. The number of hydrogen-bond acceptors (Lipinski definition) is 3. The lowest BCUT2D eigenvalue weighted by Crippen LogP contribution is -2.30. The Balaban J connectivity index is 2.39. The molecule has 0 amide bonds. The smallest absolute Gasteiger partial charge is 0.322 e. The van der Waals surface area contributed by atoms with Gasteiger partial charge in [-0.1, -0.05) is 82.3 Å². The second kappa shape index (κ2) is 9.52. The number of carbonyl (C=O) groups excluding carboxylic acids is 1. The molecule has 0 saturated carbocycles. The van der Waals surface area contributed by atoms with Crippen LogP contribution in [0.3, 0.4) is 0 Å². The van der Waals surface area contributed by atoms with E-state index < -0.39 is 12.0 Å². The molecule has 0 fully saturated rings. The van der Waals surface area contributed by atoms with Crippen molar-refractivity contribution < 1.29 is 9.53 Å². The van der Waals surface area contributed by atoms with Gasteiger partial charge in [0.05, 0.1) is 7.11 Å². The molecule has 1 atom stereocenters. The van der Waals surface area contributed by atoms with Gasteiger partial charge in [-0.25, -0.2) is 0 Å². The maximum atomic E-state index is 11.7. The predicted molar refractivity (Wildman–Crippen MR) is 113 cm³/mol. The highest BCUT2D eigenvalue weighted by atomic mass is 16.5. The Morgan fingerprint density at radius 2 is 1.30 bits per heavy atom. The van der Waals surface area contributed by atoms with Crippen molar-refractivity contribution in [3.05, 3.63) is 76.9 Å². The van der Waals surface area contributed by atoms with Gasteiger partial charge in [-0.3, -0.25) is 4.79 Å². The SMILES string of the molecule is COC(=O)C(N)CC=C(c1ccc(C(C)C)cc1)c1ccc(C(C)C)cc1. The molecular formula is C24H31NO2. The molecule has 0 aliphatic heterocycles. The monoisotopic (exact) mass is 365 g/mol. The fraction of sp³-hybridized carbons (Fsp3) is 0.375. The number of rotatable bonds is 7. The Bertz CT molecular complexity index is 718. The van der Waals surface area contributed by atoms with E-state index in [0.29, 0.717) is 18.3 Å². The molecule has 1 unspecified atom stereocenters. The molecule has 0 aromatic heterocycles. The van der Waals surface area contributed by atoms with E-state index in [1.54, 1.807) is 0 Å². The van der Waals surface area contributed by atoms with E-state index in [2.05, 4.69) is 76.2 Å². The van der Waals surface area contributed by atoms with Gasteiger partial charge in [-0.2, -0.15) is 0 Å². The number of carbonyl (C=O) groups is 1. The fourth-order valence-corrected chi connectivity index (χ4v) is 2.99. The third-order valence-corrected chi connectivity index (χ3v) is 4.86. The first-order valence-corrected chi connectivity index (χ1v) is 9.57. The summed E-state index contributed by atoms with van der Waals surface area (Å²) < 4.78 is 4.75. The van der Waals surface area contributed by atoms with Crippen LogP contribution in [0.4, 0.5) is 0 Å². The number of benzene rings is 2. The lowest BCUT2D eigenvalue weighted by Gasteiger charge is -2.14. The maximum Gasteiger partial charge on any atom is 0.322 e. The summed E-state index contributed by atoms with van der Waals surface area (Å²) in [6, 6.07) is 16.6. The quantitative estimate of drug-likeness (QED) is 0.681. The van der Waals surface area contributed by atoms with Crippen LogP contribution in [0.5, 0.6) is 0 Å². The fourth-order valence-electron chi connectivity index (χ4n) is 2.99. The van der Waals surface area contributed by atoms with Crippen molar-refractivity contribution in [3.63, 3.8) is 0 Å². The molecule has 0 saturated heterocycles. The molecule has 2 rings (SSSR count). The molecule has 144 valence electrons. The second-order valence-corrected chi connectivity index (χ2v) is 7.54. The molecule has 0 radical (unpaired) electrons. The van der Waals surface area contributed by atoms with Crippen LogP contribution in [0, 0.1) is 0 Å². The molecular weight excluding hydrogens is 334 g/mol. The first-order valence-electron chi connectivity index (χ1n) is 9.57. The highest BCUT2D eigenvalue weighted by Gasteiger charge is 2.14. The number of ether oxygens (including phenoxy) is 1. The molecule has 27 heavy (non-hydrogen) atoms. The van der Waals surface area contributed by atoms with Crippen LogP contribution in [0.25, 0.3) is 5.57 Å². The summed E-state index contributed by atoms with van der Waals surface area (Å²) in [6.07, 6.45) is 2.47. The van der Waals surface area contributed by atoms with Gasteiger partial charge in [-0.05, 0) is 46.1 Å². The molecule has 0 aliphatic rings. The van der Waals surface area contributed by atoms with Crippen molar-refractivity contribution in [3.8, 4) is 0 Å². The summed E-state index contributed by atoms with van der Waals surface area (Å²) in [7, 11) is 1.36. The van der Waals surface area contributed by atoms with Crippen molar-refractivity contribution >= 4 is 11.5 Å². The minimum absolute atomic E-state index is 0.393. The minimum Gasteiger partial charge on any atom is -0.468 e. The Kier molecular flexibility index (Phi) is 7.37. The van der Waals surface area contributed by atoms with Crippen molar-refractivity contribution in [1.29, 1.82) is 0 Å². The van der Waals surface area contributed by atoms with Crippen LogP contribution in [-0.4, -0.2) is 19.1 Å². The van der Waals surface area contributed by atoms with E-state index in [1.165, 1.54) is 18.2 Å². The van der Waals surface area contributed by atoms with Gasteiger partial charge >= 0.3 is 5.97 Å². The zero-order valence-electron chi connectivity index (χ0n) is 17.0. The van der Waals surface area contributed by atoms with Crippen molar-refractivity contribution in [1.82, 2.24) is 0 Å². The van der Waals surface area contributed by atoms with Crippen LogP contribution in [0.15, 0.2) is 54.6 Å². The lowest BCUT2D eigenvalue weighted by molar-refractivity contribution is -0.142. The van der Waals surface area contributed by atoms with Crippen LogP contribution in [0.1, 0.15) is 68.2 Å². The van der Waals surface area contributed by atoms with E-state index >= 15 is 0 Å². The predicted octanol–water partition coefficient (Wildman–Crippen LogP) is 5.26. The largest absolute Gasteiger partial charge is 0.468 e. The third kappa shape index (κ3) is 5.54. The van der Waals surface area contributed by atoms with E-state index in [1.807, 2.05) is 6.08 Å².